The minimum absolute atomic E-state index is 0.677. The lowest BCUT2D eigenvalue weighted by atomic mass is 10.1. The van der Waals surface area contributed by atoms with Crippen molar-refractivity contribution in [3.63, 3.8) is 0 Å². The van der Waals surface area contributed by atoms with E-state index in [2.05, 4.69) is 0 Å². The van der Waals surface area contributed by atoms with Gasteiger partial charge in [0.2, 0.25) is 0 Å². The summed E-state index contributed by atoms with van der Waals surface area (Å²) in [4.78, 5) is 10.5. The molecule has 0 bridgehead atoms. The lowest BCUT2D eigenvalue weighted by molar-refractivity contribution is 0.112. The van der Waals surface area contributed by atoms with E-state index in [1.807, 2.05) is 6.07 Å². The fourth-order valence-electron chi connectivity index (χ4n) is 1.12. The Bertz CT molecular complexity index is 387. The SMILES string of the molecule is O=Cc1cccc2occc12. The molecule has 0 saturated carbocycles. The van der Waals surface area contributed by atoms with Crippen molar-refractivity contribution in [1.29, 1.82) is 0 Å². The molecule has 1 aromatic heterocycles. The van der Waals surface area contributed by atoms with Gasteiger partial charge in [0.1, 0.15) is 5.58 Å². The van der Waals surface area contributed by atoms with E-state index >= 15 is 0 Å². The number of rotatable bonds is 1. The first-order valence-electron chi connectivity index (χ1n) is 3.33. The standard InChI is InChI=1S/C9H6O2/c10-6-7-2-1-3-9-8(7)4-5-11-9/h1-6H. The van der Waals surface area contributed by atoms with Crippen LogP contribution in [-0.4, -0.2) is 6.29 Å². The van der Waals surface area contributed by atoms with Crippen LogP contribution in [0, 0.1) is 0 Å². The largest absolute Gasteiger partial charge is 0.464 e. The Labute approximate surface area is 63.4 Å². The first-order valence-corrected chi connectivity index (χ1v) is 3.33. The molecule has 0 radical (unpaired) electrons. The summed E-state index contributed by atoms with van der Waals surface area (Å²) in [5.41, 5.74) is 1.44. The van der Waals surface area contributed by atoms with Crippen LogP contribution in [-0.2, 0) is 0 Å². The highest BCUT2D eigenvalue weighted by Gasteiger charge is 1.99. The second kappa shape index (κ2) is 2.23. The average molecular weight is 146 g/mol. The van der Waals surface area contributed by atoms with E-state index in [0.717, 1.165) is 17.3 Å². The quantitative estimate of drug-likeness (QED) is 0.577. The number of benzene rings is 1. The number of furan rings is 1. The van der Waals surface area contributed by atoms with Crippen molar-refractivity contribution in [3.8, 4) is 0 Å². The minimum Gasteiger partial charge on any atom is -0.464 e. The molecule has 2 heteroatoms. The monoisotopic (exact) mass is 146 g/mol. The number of fused-ring (bicyclic) bond motifs is 1. The maximum Gasteiger partial charge on any atom is 0.150 e. The number of carbonyl (C=O) groups is 1. The third-order valence-corrected chi connectivity index (χ3v) is 1.66. The Balaban J connectivity index is 2.88. The molecule has 1 heterocycles. The Hall–Kier alpha value is -1.57. The van der Waals surface area contributed by atoms with Crippen LogP contribution >= 0.6 is 0 Å². The molecular formula is C9H6O2. The fourth-order valence-corrected chi connectivity index (χ4v) is 1.12. The summed E-state index contributed by atoms with van der Waals surface area (Å²) in [6.07, 6.45) is 2.41. The van der Waals surface area contributed by atoms with Gasteiger partial charge in [0.25, 0.3) is 0 Å². The number of hydrogen-bond donors (Lipinski definition) is 0. The molecule has 0 aliphatic rings. The fraction of sp³-hybridized carbons (Fsp3) is 0. The lowest BCUT2D eigenvalue weighted by Crippen LogP contribution is -1.77. The minimum atomic E-state index is 0.677. The molecule has 0 aliphatic carbocycles. The number of aldehydes is 1. The summed E-state index contributed by atoms with van der Waals surface area (Å²) in [6.45, 7) is 0. The zero-order valence-corrected chi connectivity index (χ0v) is 5.78. The molecule has 54 valence electrons. The van der Waals surface area contributed by atoms with Gasteiger partial charge in [0.15, 0.2) is 6.29 Å². The van der Waals surface area contributed by atoms with Crippen LogP contribution in [0.2, 0.25) is 0 Å². The maximum absolute atomic E-state index is 10.5. The topological polar surface area (TPSA) is 30.2 Å². The molecule has 0 amide bonds. The average Bonchev–Trinajstić information content (AvgIpc) is 2.50. The molecule has 0 aliphatic heterocycles. The second-order valence-corrected chi connectivity index (χ2v) is 2.30. The Morgan fingerprint density at radius 1 is 1.27 bits per heavy atom. The van der Waals surface area contributed by atoms with Crippen LogP contribution in [0.4, 0.5) is 0 Å². The molecular weight excluding hydrogens is 140 g/mol. The van der Waals surface area contributed by atoms with E-state index in [9.17, 15) is 4.79 Å². The van der Waals surface area contributed by atoms with Gasteiger partial charge in [-0.1, -0.05) is 12.1 Å². The van der Waals surface area contributed by atoms with Gasteiger partial charge in [-0.3, -0.25) is 4.79 Å². The van der Waals surface area contributed by atoms with E-state index in [1.54, 1.807) is 24.5 Å². The van der Waals surface area contributed by atoms with Crippen LogP contribution in [0.15, 0.2) is 34.9 Å². The van der Waals surface area contributed by atoms with Crippen LogP contribution in [0.25, 0.3) is 11.0 Å². The van der Waals surface area contributed by atoms with Gasteiger partial charge in [-0.2, -0.15) is 0 Å². The third kappa shape index (κ3) is 0.835. The van der Waals surface area contributed by atoms with Crippen molar-refractivity contribution in [2.45, 2.75) is 0 Å². The first-order chi connectivity index (χ1) is 5.42. The van der Waals surface area contributed by atoms with Crippen LogP contribution < -0.4 is 0 Å². The maximum atomic E-state index is 10.5. The van der Waals surface area contributed by atoms with E-state index in [0.29, 0.717) is 5.56 Å². The Morgan fingerprint density at radius 3 is 3.00 bits per heavy atom. The second-order valence-electron chi connectivity index (χ2n) is 2.30. The molecule has 0 saturated heterocycles. The molecule has 0 fully saturated rings. The van der Waals surface area contributed by atoms with Crippen LogP contribution in [0.1, 0.15) is 10.4 Å². The molecule has 2 rings (SSSR count). The van der Waals surface area contributed by atoms with Gasteiger partial charge in [-0.25, -0.2) is 0 Å². The smallest absolute Gasteiger partial charge is 0.150 e. The summed E-state index contributed by atoms with van der Waals surface area (Å²) in [5, 5.41) is 0.877. The summed E-state index contributed by atoms with van der Waals surface area (Å²) in [6, 6.07) is 7.20. The van der Waals surface area contributed by atoms with E-state index < -0.39 is 0 Å². The van der Waals surface area contributed by atoms with Crippen LogP contribution in [0.3, 0.4) is 0 Å². The van der Waals surface area contributed by atoms with Gasteiger partial charge in [0, 0.05) is 10.9 Å². The Kier molecular flexibility index (Phi) is 1.25. The first kappa shape index (κ1) is 6.16. The van der Waals surface area contributed by atoms with Crippen molar-refractivity contribution in [3.05, 3.63) is 36.1 Å². The zero-order chi connectivity index (χ0) is 7.68. The summed E-state index contributed by atoms with van der Waals surface area (Å²) in [7, 11) is 0. The van der Waals surface area contributed by atoms with Crippen LogP contribution in [0.5, 0.6) is 0 Å². The highest BCUT2D eigenvalue weighted by atomic mass is 16.3. The Morgan fingerprint density at radius 2 is 2.18 bits per heavy atom. The molecule has 2 aromatic rings. The zero-order valence-electron chi connectivity index (χ0n) is 5.78. The number of hydrogen-bond acceptors (Lipinski definition) is 2. The van der Waals surface area contributed by atoms with Gasteiger partial charge >= 0.3 is 0 Å². The van der Waals surface area contributed by atoms with Crippen molar-refractivity contribution in [2.75, 3.05) is 0 Å². The lowest BCUT2D eigenvalue weighted by Gasteiger charge is -1.89. The number of carbonyl (C=O) groups excluding carboxylic acids is 1. The van der Waals surface area contributed by atoms with Gasteiger partial charge in [-0.15, -0.1) is 0 Å². The molecule has 2 nitrogen and oxygen atoms in total. The molecule has 0 atom stereocenters. The van der Waals surface area contributed by atoms with Gasteiger partial charge in [-0.05, 0) is 12.1 Å². The van der Waals surface area contributed by atoms with Gasteiger partial charge < -0.3 is 4.42 Å². The third-order valence-electron chi connectivity index (χ3n) is 1.66. The van der Waals surface area contributed by atoms with Crippen molar-refractivity contribution in [2.24, 2.45) is 0 Å². The molecule has 11 heavy (non-hydrogen) atoms. The normalized spacial score (nSPS) is 10.2. The van der Waals surface area contributed by atoms with E-state index in [-0.39, 0.29) is 0 Å². The van der Waals surface area contributed by atoms with Crippen molar-refractivity contribution in [1.82, 2.24) is 0 Å². The summed E-state index contributed by atoms with van der Waals surface area (Å²) < 4.78 is 5.10. The molecule has 0 unspecified atom stereocenters. The predicted molar refractivity (Wildman–Crippen MR) is 41.6 cm³/mol. The highest BCUT2D eigenvalue weighted by Crippen LogP contribution is 2.17. The van der Waals surface area contributed by atoms with Crippen molar-refractivity contribution >= 4 is 17.3 Å². The van der Waals surface area contributed by atoms with E-state index in [4.69, 9.17) is 4.42 Å². The molecule has 0 spiro atoms. The molecule has 0 N–H and O–H groups in total. The van der Waals surface area contributed by atoms with E-state index in [1.165, 1.54) is 0 Å². The summed E-state index contributed by atoms with van der Waals surface area (Å²) >= 11 is 0. The van der Waals surface area contributed by atoms with Crippen molar-refractivity contribution < 1.29 is 9.21 Å². The highest BCUT2D eigenvalue weighted by molar-refractivity contribution is 5.95. The predicted octanol–water partition coefficient (Wildman–Crippen LogP) is 2.25. The van der Waals surface area contributed by atoms with Gasteiger partial charge in [0.05, 0.1) is 6.26 Å². The summed E-state index contributed by atoms with van der Waals surface area (Å²) in [5.74, 6) is 0. The molecule has 1 aromatic carbocycles.